The average molecular weight is 667 g/mol. The molecule has 0 aromatic heterocycles. The minimum absolute atomic E-state index is 0.116. The van der Waals surface area contributed by atoms with Gasteiger partial charge in [0.2, 0.25) is 0 Å². The van der Waals surface area contributed by atoms with Gasteiger partial charge in [-0.25, -0.2) is 0 Å². The van der Waals surface area contributed by atoms with Crippen molar-refractivity contribution in [3.05, 3.63) is 0 Å². The molecule has 0 fully saturated rings. The molecule has 0 amide bonds. The second-order valence-corrected chi connectivity index (χ2v) is 34.9. The van der Waals surface area contributed by atoms with Gasteiger partial charge in [-0.2, -0.15) is 0 Å². The van der Waals surface area contributed by atoms with E-state index >= 15 is 0 Å². The molecule has 0 bridgehead atoms. The first-order valence-corrected chi connectivity index (χ1v) is 25.1. The molecule has 0 aromatic carbocycles. The van der Waals surface area contributed by atoms with Crippen molar-refractivity contribution in [1.29, 1.82) is 0 Å². The molecule has 0 spiro atoms. The van der Waals surface area contributed by atoms with Gasteiger partial charge in [-0.15, -0.1) is 0 Å². The van der Waals surface area contributed by atoms with E-state index in [1.165, 1.54) is 114 Å². The summed E-state index contributed by atoms with van der Waals surface area (Å²) in [5.41, 5.74) is -0.396. The van der Waals surface area contributed by atoms with Gasteiger partial charge in [0.05, 0.1) is 0 Å². The van der Waals surface area contributed by atoms with Crippen molar-refractivity contribution in [1.82, 2.24) is 0 Å². The first-order valence-electron chi connectivity index (χ1n) is 15.2. The van der Waals surface area contributed by atoms with E-state index in [-0.39, 0.29) is 13.2 Å². The Morgan fingerprint density at radius 3 is 0.800 bits per heavy atom. The Balaban J connectivity index is 6.67. The predicted octanol–water partition coefficient (Wildman–Crippen LogP) is 10.5. The van der Waals surface area contributed by atoms with Gasteiger partial charge in [0, 0.05) is 0 Å². The number of aliphatic hydroxyl groups is 2. The first-order chi connectivity index (χ1) is 16.5. The molecular weight excluding hydrogens is 602 g/mol. The molecule has 2 N–H and O–H groups in total. The van der Waals surface area contributed by atoms with Crippen LogP contribution in [0, 0.1) is 5.41 Å². The van der Waals surface area contributed by atoms with Crippen molar-refractivity contribution in [3.8, 4) is 0 Å². The Morgan fingerprint density at radius 1 is 0.457 bits per heavy atom. The molecule has 0 heterocycles. The molecule has 0 rings (SSSR count). The van der Waals surface area contributed by atoms with Crippen LogP contribution in [0.2, 0.25) is 0 Å². The van der Waals surface area contributed by atoms with E-state index in [0.29, 0.717) is 0 Å². The van der Waals surface area contributed by atoms with Crippen LogP contribution in [0.25, 0.3) is 0 Å². The van der Waals surface area contributed by atoms with Gasteiger partial charge in [-0.1, -0.05) is 0 Å². The monoisotopic (exact) mass is 664 g/mol. The van der Waals surface area contributed by atoms with E-state index in [1.807, 2.05) is 0 Å². The van der Waals surface area contributed by atoms with Crippen molar-refractivity contribution in [2.45, 2.75) is 119 Å². The van der Waals surface area contributed by atoms with Crippen molar-refractivity contribution < 1.29 is 10.2 Å². The molecule has 0 saturated heterocycles. The number of halogens is 2. The zero-order chi connectivity index (χ0) is 27.0. The van der Waals surface area contributed by atoms with Crippen LogP contribution in [0.4, 0.5) is 0 Å². The molecule has 6 heteroatoms. The van der Waals surface area contributed by atoms with E-state index in [0.717, 1.165) is 12.3 Å². The van der Waals surface area contributed by atoms with Crippen molar-refractivity contribution in [3.63, 3.8) is 0 Å². The Morgan fingerprint density at radius 2 is 0.657 bits per heavy atom. The van der Waals surface area contributed by atoms with Crippen molar-refractivity contribution in [2.75, 3.05) is 62.5 Å². The Bertz CT molecular complexity index is 462. The number of unbranched alkanes of at least 4 members (excludes halogenated alkanes) is 6. The van der Waals surface area contributed by atoms with Crippen LogP contribution in [0.1, 0.15) is 119 Å². The fourth-order valence-corrected chi connectivity index (χ4v) is 27.2. The van der Waals surface area contributed by atoms with Gasteiger partial charge < -0.3 is 0 Å². The topological polar surface area (TPSA) is 40.5 Å². The van der Waals surface area contributed by atoms with E-state index in [2.05, 4.69) is 72.5 Å². The fourth-order valence-electron chi connectivity index (χ4n) is 6.44. The van der Waals surface area contributed by atoms with Crippen molar-refractivity contribution in [2.24, 2.45) is 5.41 Å². The molecule has 0 saturated carbocycles. The van der Waals surface area contributed by atoms with Gasteiger partial charge >= 0.3 is 238 Å². The van der Waals surface area contributed by atoms with Crippen LogP contribution < -0.4 is 0 Å². The standard InChI is InChI=1S/C29H64Br2O2P2/c1-7-13-19-34(30,20-14-8-2,21-15-9-3)27-29(25-32,26-33)28-35(31,22-16-10-4,23-17-11-5)24-18-12-6/h32-33H,7-28H2,1-6H3. The minimum atomic E-state index is -2.27. The van der Waals surface area contributed by atoms with Gasteiger partial charge in [0.15, 0.2) is 0 Å². The zero-order valence-electron chi connectivity index (χ0n) is 24.6. The molecule has 0 aromatic rings. The average Bonchev–Trinajstić information content (AvgIpc) is 2.87. The molecule has 0 aliphatic heterocycles. The molecule has 0 radical (unpaired) electrons. The Labute approximate surface area is 237 Å². The van der Waals surface area contributed by atoms with E-state index < -0.39 is 16.0 Å². The molecule has 2 nitrogen and oxygen atoms in total. The summed E-state index contributed by atoms with van der Waals surface area (Å²) in [5, 5.41) is 17.7. The normalized spacial score (nSPS) is 15.5. The summed E-state index contributed by atoms with van der Waals surface area (Å²) in [6.45, 7) is 14.1. The molecule has 0 aliphatic carbocycles. The summed E-state index contributed by atoms with van der Waals surface area (Å²) in [4.78, 5) is 0. The number of hydrogen-bond acceptors (Lipinski definition) is 2. The molecule has 216 valence electrons. The maximum absolute atomic E-state index is 11.1. The number of rotatable bonds is 24. The van der Waals surface area contributed by atoms with E-state index in [9.17, 15) is 10.2 Å². The van der Waals surface area contributed by atoms with Crippen molar-refractivity contribution >= 4 is 41.6 Å². The number of aliphatic hydroxyl groups excluding tert-OH is 2. The zero-order valence-corrected chi connectivity index (χ0v) is 29.6. The van der Waals surface area contributed by atoms with E-state index in [1.54, 1.807) is 0 Å². The second-order valence-electron chi connectivity index (χ2n) is 12.2. The van der Waals surface area contributed by atoms with Crippen LogP contribution in [-0.2, 0) is 0 Å². The summed E-state index contributed by atoms with van der Waals surface area (Å²) >= 11 is 9.21. The second kappa shape index (κ2) is 17.4. The predicted molar refractivity (Wildman–Crippen MR) is 177 cm³/mol. The van der Waals surface area contributed by atoms with Gasteiger partial charge in [0.25, 0.3) is 0 Å². The van der Waals surface area contributed by atoms with Crippen LogP contribution in [0.3, 0.4) is 0 Å². The Hall–Kier alpha value is 1.74. The quantitative estimate of drug-likeness (QED) is 0.101. The van der Waals surface area contributed by atoms with E-state index in [4.69, 9.17) is 0 Å². The summed E-state index contributed by atoms with van der Waals surface area (Å²) in [5.74, 6) is 0. The SMILES string of the molecule is CCCCP(Br)(CCCC)(CCCC)CC(CO)(CO)CP(Br)(CCCC)(CCCC)CCCC. The van der Waals surface area contributed by atoms with Gasteiger partial charge in [-0.3, -0.25) is 0 Å². The third kappa shape index (κ3) is 12.2. The summed E-state index contributed by atoms with van der Waals surface area (Å²) in [6.07, 6.45) is 24.4. The third-order valence-electron chi connectivity index (χ3n) is 8.56. The van der Waals surface area contributed by atoms with Crippen LogP contribution >= 0.6 is 41.6 Å². The van der Waals surface area contributed by atoms with Crippen LogP contribution in [-0.4, -0.2) is 72.7 Å². The Kier molecular flexibility index (Phi) is 18.3. The van der Waals surface area contributed by atoms with Gasteiger partial charge in [-0.05, 0) is 0 Å². The first kappa shape index (κ1) is 36.7. The van der Waals surface area contributed by atoms with Crippen LogP contribution in [0.15, 0.2) is 0 Å². The van der Waals surface area contributed by atoms with Crippen LogP contribution in [0.5, 0.6) is 0 Å². The molecule has 35 heavy (non-hydrogen) atoms. The molecule has 0 atom stereocenters. The summed E-state index contributed by atoms with van der Waals surface area (Å²) in [6, 6.07) is 0. The third-order valence-corrected chi connectivity index (χ3v) is 28.0. The summed E-state index contributed by atoms with van der Waals surface area (Å²) < 4.78 is 0. The molecule has 0 aliphatic rings. The maximum atomic E-state index is 11.1. The molecular formula is C29H64Br2O2P2. The molecule has 0 unspecified atom stereocenters. The number of hydrogen-bond donors (Lipinski definition) is 2. The fraction of sp³-hybridized carbons (Fsp3) is 1.00. The summed E-state index contributed by atoms with van der Waals surface area (Å²) in [7, 11) is 0. The van der Waals surface area contributed by atoms with Gasteiger partial charge in [0.1, 0.15) is 0 Å².